The van der Waals surface area contributed by atoms with E-state index < -0.39 is 29.2 Å². The number of nitrogens with zero attached hydrogens (tertiary/aromatic N) is 3. The van der Waals surface area contributed by atoms with Crippen LogP contribution in [0.1, 0.15) is 27.4 Å². The van der Waals surface area contributed by atoms with Crippen molar-refractivity contribution in [3.05, 3.63) is 106 Å². The summed E-state index contributed by atoms with van der Waals surface area (Å²) in [7, 11) is 0. The lowest BCUT2D eigenvalue weighted by Crippen LogP contribution is -2.44. The zero-order chi connectivity index (χ0) is 23.2. The summed E-state index contributed by atoms with van der Waals surface area (Å²) in [6.45, 7) is 0. The molecule has 0 aliphatic carbocycles. The normalized spacial score (nSPS) is 22.1. The first-order chi connectivity index (χ1) is 16.0. The maximum absolute atomic E-state index is 14.0. The summed E-state index contributed by atoms with van der Waals surface area (Å²) >= 11 is 6.03. The second-order valence-corrected chi connectivity index (χ2v) is 8.64. The maximum atomic E-state index is 14.0. The number of benzene rings is 3. The Balaban J connectivity index is 1.78. The Hall–Kier alpha value is -3.93. The van der Waals surface area contributed by atoms with Gasteiger partial charge in [0.15, 0.2) is 11.2 Å². The number of rotatable bonds is 3. The van der Waals surface area contributed by atoms with Crippen LogP contribution in [-0.4, -0.2) is 17.9 Å². The van der Waals surface area contributed by atoms with Crippen molar-refractivity contribution in [1.82, 2.24) is 0 Å². The molecule has 0 unspecified atom stereocenters. The highest BCUT2D eigenvalue weighted by atomic mass is 35.5. The quantitative estimate of drug-likeness (QED) is 0.472. The monoisotopic (exact) mass is 453 g/mol. The van der Waals surface area contributed by atoms with Crippen molar-refractivity contribution in [2.75, 3.05) is 4.90 Å². The molecule has 0 saturated carbocycles. The summed E-state index contributed by atoms with van der Waals surface area (Å²) in [4.78, 5) is 15.9. The van der Waals surface area contributed by atoms with Gasteiger partial charge < -0.3 is 4.90 Å². The molecule has 3 aromatic carbocycles. The minimum Gasteiger partial charge on any atom is -0.351 e. The average Bonchev–Trinajstić information content (AvgIpc) is 3.15. The molecule has 2 heterocycles. The fraction of sp³-hybridized carbons (Fsp3) is 0.148. The van der Waals surface area contributed by atoms with Crippen LogP contribution >= 0.6 is 11.6 Å². The number of halogens is 2. The van der Waals surface area contributed by atoms with Crippen molar-refractivity contribution in [3.63, 3.8) is 0 Å². The third kappa shape index (κ3) is 3.13. The maximum Gasteiger partial charge on any atom is 0.185 e. The van der Waals surface area contributed by atoms with Gasteiger partial charge in [0, 0.05) is 22.2 Å². The molecule has 33 heavy (non-hydrogen) atoms. The van der Waals surface area contributed by atoms with Crippen LogP contribution in [0.25, 0.3) is 6.08 Å². The van der Waals surface area contributed by atoms with Crippen molar-refractivity contribution in [2.24, 2.45) is 5.41 Å². The van der Waals surface area contributed by atoms with Gasteiger partial charge in [-0.05, 0) is 53.6 Å². The topological polar surface area (TPSA) is 67.9 Å². The Morgan fingerprint density at radius 1 is 0.970 bits per heavy atom. The molecule has 0 bridgehead atoms. The first-order valence-corrected chi connectivity index (χ1v) is 10.8. The predicted octanol–water partition coefficient (Wildman–Crippen LogP) is 5.76. The van der Waals surface area contributed by atoms with Crippen molar-refractivity contribution in [3.8, 4) is 12.1 Å². The molecular formula is C27H17ClFN3O. The summed E-state index contributed by atoms with van der Waals surface area (Å²) in [5.74, 6) is -1.47. The Kier molecular flexibility index (Phi) is 5.01. The summed E-state index contributed by atoms with van der Waals surface area (Å²) in [6, 6.07) is 22.8. The van der Waals surface area contributed by atoms with Crippen LogP contribution in [0.3, 0.4) is 0 Å². The Morgan fingerprint density at radius 3 is 2.30 bits per heavy atom. The first-order valence-electron chi connectivity index (χ1n) is 10.4. The standard InChI is InChI=1S/C27H17ClFN3O/c28-20-10-5-19(6-11-20)26(33)25-24(18-7-12-21(29)13-8-18)27(15-30,16-31)23-14-9-17-3-1-2-4-22(17)32(23)25/h1-14,23-25H/t23-,24-,25-/m0/s1. The molecule has 3 atom stereocenters. The highest BCUT2D eigenvalue weighted by Crippen LogP contribution is 2.55. The number of hydrogen-bond donors (Lipinski definition) is 0. The predicted molar refractivity (Wildman–Crippen MR) is 124 cm³/mol. The largest absolute Gasteiger partial charge is 0.351 e. The lowest BCUT2D eigenvalue weighted by atomic mass is 9.69. The number of Topliss-reactive ketones (excluding diaryl/α,β-unsaturated/α-hetero) is 1. The van der Waals surface area contributed by atoms with Crippen molar-refractivity contribution in [2.45, 2.75) is 18.0 Å². The molecule has 0 amide bonds. The molecule has 0 spiro atoms. The van der Waals surface area contributed by atoms with Crippen LogP contribution < -0.4 is 4.90 Å². The molecule has 0 radical (unpaired) electrons. The molecule has 6 heteroatoms. The van der Waals surface area contributed by atoms with Gasteiger partial charge in [0.05, 0.1) is 18.2 Å². The van der Waals surface area contributed by atoms with Crippen LogP contribution in [0, 0.1) is 33.9 Å². The van der Waals surface area contributed by atoms with Crippen molar-refractivity contribution < 1.29 is 9.18 Å². The summed E-state index contributed by atoms with van der Waals surface area (Å²) < 4.78 is 13.8. The van der Waals surface area contributed by atoms with Crippen molar-refractivity contribution >= 4 is 29.1 Å². The zero-order valence-electron chi connectivity index (χ0n) is 17.3. The van der Waals surface area contributed by atoms with Crippen LogP contribution in [0.2, 0.25) is 5.02 Å². The summed E-state index contributed by atoms with van der Waals surface area (Å²) in [5.41, 5.74) is 1.10. The fourth-order valence-electron chi connectivity index (χ4n) is 5.06. The molecule has 3 aromatic rings. The SMILES string of the molecule is N#CC1(C#N)[C@@H]2C=Cc3ccccc3N2[C@H](C(=O)c2ccc(Cl)cc2)[C@@H]1c1ccc(F)cc1. The molecule has 2 aliphatic heterocycles. The minimum absolute atomic E-state index is 0.233. The average molecular weight is 454 g/mol. The molecule has 4 nitrogen and oxygen atoms in total. The number of hydrogen-bond acceptors (Lipinski definition) is 4. The van der Waals surface area contributed by atoms with E-state index in [1.807, 2.05) is 41.3 Å². The Morgan fingerprint density at radius 2 is 1.64 bits per heavy atom. The molecule has 0 aromatic heterocycles. The van der Waals surface area contributed by atoms with Gasteiger partial charge in [-0.25, -0.2) is 4.39 Å². The molecule has 0 N–H and O–H groups in total. The molecule has 5 rings (SSSR count). The number of nitriles is 2. The van der Waals surface area contributed by atoms with Crippen LogP contribution in [0.5, 0.6) is 0 Å². The van der Waals surface area contributed by atoms with Crippen LogP contribution in [0.4, 0.5) is 10.1 Å². The van der Waals surface area contributed by atoms with Gasteiger partial charge in [0.2, 0.25) is 0 Å². The fourth-order valence-corrected chi connectivity index (χ4v) is 5.19. The van der Waals surface area contributed by atoms with E-state index >= 15 is 0 Å². The minimum atomic E-state index is -1.56. The van der Waals surface area contributed by atoms with Crippen molar-refractivity contribution in [1.29, 1.82) is 10.5 Å². The van der Waals surface area contributed by atoms with Gasteiger partial charge in [0.25, 0.3) is 0 Å². The highest BCUT2D eigenvalue weighted by Gasteiger charge is 2.63. The summed E-state index contributed by atoms with van der Waals surface area (Å²) in [6.07, 6.45) is 3.71. The van der Waals surface area contributed by atoms with E-state index in [4.69, 9.17) is 11.6 Å². The zero-order valence-corrected chi connectivity index (χ0v) is 18.1. The van der Waals surface area contributed by atoms with Gasteiger partial charge in [-0.3, -0.25) is 4.79 Å². The molecule has 2 aliphatic rings. The van der Waals surface area contributed by atoms with E-state index in [-0.39, 0.29) is 5.78 Å². The third-order valence-electron chi connectivity index (χ3n) is 6.54. The number of carbonyl (C=O) groups excluding carboxylic acids is 1. The van der Waals surface area contributed by atoms with E-state index in [1.165, 1.54) is 12.1 Å². The smallest absolute Gasteiger partial charge is 0.185 e. The number of carbonyl (C=O) groups is 1. The lowest BCUT2D eigenvalue weighted by Gasteiger charge is -2.35. The van der Waals surface area contributed by atoms with E-state index in [0.29, 0.717) is 16.1 Å². The van der Waals surface area contributed by atoms with E-state index in [1.54, 1.807) is 36.4 Å². The highest BCUT2D eigenvalue weighted by molar-refractivity contribution is 6.30. The van der Waals surface area contributed by atoms with Gasteiger partial charge in [-0.2, -0.15) is 10.5 Å². The van der Waals surface area contributed by atoms with Gasteiger partial charge in [-0.15, -0.1) is 0 Å². The van der Waals surface area contributed by atoms with E-state index in [0.717, 1.165) is 11.3 Å². The summed E-state index contributed by atoms with van der Waals surface area (Å²) in [5, 5.41) is 21.2. The van der Waals surface area contributed by atoms with E-state index in [2.05, 4.69) is 12.1 Å². The van der Waals surface area contributed by atoms with E-state index in [9.17, 15) is 19.7 Å². The first kappa shape index (κ1) is 20.9. The number of anilines is 1. The van der Waals surface area contributed by atoms with Crippen LogP contribution in [-0.2, 0) is 0 Å². The molecule has 1 saturated heterocycles. The second kappa shape index (κ2) is 7.89. The Bertz CT molecular complexity index is 1340. The molecule has 1 fully saturated rings. The third-order valence-corrected chi connectivity index (χ3v) is 6.79. The molecular weight excluding hydrogens is 437 g/mol. The van der Waals surface area contributed by atoms with Crippen LogP contribution in [0.15, 0.2) is 78.9 Å². The molecule has 160 valence electrons. The number of fused-ring (bicyclic) bond motifs is 3. The Labute approximate surface area is 195 Å². The van der Waals surface area contributed by atoms with Gasteiger partial charge >= 0.3 is 0 Å². The number of para-hydroxylation sites is 1. The van der Waals surface area contributed by atoms with Gasteiger partial charge in [-0.1, -0.05) is 54.1 Å². The van der Waals surface area contributed by atoms with Gasteiger partial charge in [0.1, 0.15) is 11.9 Å². The number of ketones is 1. The lowest BCUT2D eigenvalue weighted by molar-refractivity contribution is 0.0951. The second-order valence-electron chi connectivity index (χ2n) is 8.21.